The molecule has 1 aromatic heterocycles. The molecule has 2 aromatic carbocycles. The Bertz CT molecular complexity index is 999. The number of rotatable bonds is 5. The summed E-state index contributed by atoms with van der Waals surface area (Å²) in [6, 6.07) is 11.5. The molecule has 0 saturated heterocycles. The van der Waals surface area contributed by atoms with Gasteiger partial charge in [-0.05, 0) is 30.7 Å². The molecule has 0 aliphatic heterocycles. The monoisotopic (exact) mass is 363 g/mol. The van der Waals surface area contributed by atoms with E-state index < -0.39 is 26.6 Å². The average molecular weight is 363 g/mol. The van der Waals surface area contributed by atoms with Gasteiger partial charge in [-0.2, -0.15) is 5.10 Å². The van der Waals surface area contributed by atoms with Crippen LogP contribution in [-0.2, 0) is 16.6 Å². The van der Waals surface area contributed by atoms with E-state index in [0.717, 1.165) is 23.3 Å². The third-order valence-corrected chi connectivity index (χ3v) is 4.90. The van der Waals surface area contributed by atoms with Crippen molar-refractivity contribution >= 4 is 15.8 Å². The maximum absolute atomic E-state index is 13.7. The highest BCUT2D eigenvalue weighted by molar-refractivity contribution is 7.92. The molecule has 0 radical (unpaired) electrons. The van der Waals surface area contributed by atoms with Gasteiger partial charge in [0.2, 0.25) is 0 Å². The van der Waals surface area contributed by atoms with Crippen LogP contribution >= 0.6 is 0 Å². The largest absolute Gasteiger partial charge is 0.266 e. The van der Waals surface area contributed by atoms with E-state index in [0.29, 0.717) is 12.6 Å². The fourth-order valence-electron chi connectivity index (χ4n) is 2.26. The molecule has 0 aliphatic carbocycles. The number of sulfonamides is 1. The molecule has 0 unspecified atom stereocenters. The Balaban J connectivity index is 1.78. The van der Waals surface area contributed by atoms with Crippen molar-refractivity contribution in [1.82, 2.24) is 9.78 Å². The van der Waals surface area contributed by atoms with Crippen LogP contribution in [0.1, 0.15) is 11.1 Å². The fraction of sp³-hybridized carbons (Fsp3) is 0.118. The van der Waals surface area contributed by atoms with Crippen LogP contribution in [0.3, 0.4) is 0 Å². The van der Waals surface area contributed by atoms with Gasteiger partial charge < -0.3 is 0 Å². The van der Waals surface area contributed by atoms with E-state index in [-0.39, 0.29) is 5.82 Å². The number of nitrogens with zero attached hydrogens (tertiary/aromatic N) is 2. The van der Waals surface area contributed by atoms with Crippen molar-refractivity contribution in [3.63, 3.8) is 0 Å². The average Bonchev–Trinajstić information content (AvgIpc) is 2.98. The van der Waals surface area contributed by atoms with Crippen molar-refractivity contribution in [2.75, 3.05) is 4.72 Å². The molecule has 0 amide bonds. The van der Waals surface area contributed by atoms with Crippen LogP contribution in [0.2, 0.25) is 0 Å². The molecule has 1 heterocycles. The Morgan fingerprint density at radius 2 is 1.80 bits per heavy atom. The van der Waals surface area contributed by atoms with Gasteiger partial charge in [-0.1, -0.05) is 29.8 Å². The van der Waals surface area contributed by atoms with Gasteiger partial charge in [-0.25, -0.2) is 17.2 Å². The molecule has 0 aliphatic rings. The van der Waals surface area contributed by atoms with Crippen LogP contribution in [0.5, 0.6) is 0 Å². The van der Waals surface area contributed by atoms with E-state index in [2.05, 4.69) is 9.82 Å². The first-order valence-electron chi connectivity index (χ1n) is 7.40. The van der Waals surface area contributed by atoms with Crippen LogP contribution < -0.4 is 4.72 Å². The number of anilines is 1. The number of aryl methyl sites for hydroxylation is 1. The molecule has 8 heteroatoms. The van der Waals surface area contributed by atoms with Crippen molar-refractivity contribution in [3.8, 4) is 0 Å². The predicted octanol–water partition coefficient (Wildman–Crippen LogP) is 3.32. The lowest BCUT2D eigenvalue weighted by Gasteiger charge is -2.07. The van der Waals surface area contributed by atoms with Crippen molar-refractivity contribution in [3.05, 3.63) is 77.5 Å². The van der Waals surface area contributed by atoms with Gasteiger partial charge in [0, 0.05) is 12.3 Å². The van der Waals surface area contributed by atoms with Crippen LogP contribution in [0.4, 0.5) is 14.6 Å². The van der Waals surface area contributed by atoms with Gasteiger partial charge >= 0.3 is 0 Å². The first-order valence-corrected chi connectivity index (χ1v) is 8.89. The Labute approximate surface area is 144 Å². The fourth-order valence-corrected chi connectivity index (χ4v) is 3.35. The Morgan fingerprint density at radius 1 is 1.08 bits per heavy atom. The number of aromatic nitrogens is 2. The van der Waals surface area contributed by atoms with Crippen molar-refractivity contribution in [1.29, 1.82) is 0 Å². The summed E-state index contributed by atoms with van der Waals surface area (Å²) in [6.45, 7) is 2.44. The SMILES string of the molecule is Cc1ccc(Cn2ccc(NS(=O)(=O)c3cc(F)ccc3F)n2)cc1. The highest BCUT2D eigenvalue weighted by Gasteiger charge is 2.21. The Hall–Kier alpha value is -2.74. The number of nitrogens with one attached hydrogen (secondary N) is 1. The normalized spacial score (nSPS) is 11.5. The van der Waals surface area contributed by atoms with Gasteiger partial charge in [-0.3, -0.25) is 9.40 Å². The number of hydrogen-bond donors (Lipinski definition) is 1. The van der Waals surface area contributed by atoms with E-state index in [9.17, 15) is 17.2 Å². The van der Waals surface area contributed by atoms with Crippen LogP contribution in [0.15, 0.2) is 59.6 Å². The zero-order chi connectivity index (χ0) is 18.0. The standard InChI is InChI=1S/C17H15F2N3O2S/c1-12-2-4-13(5-3-12)11-22-9-8-17(20-22)21-25(23,24)16-10-14(18)6-7-15(16)19/h2-10H,11H2,1H3,(H,20,21). The first kappa shape index (κ1) is 17.1. The summed E-state index contributed by atoms with van der Waals surface area (Å²) in [5, 5.41) is 4.10. The zero-order valence-electron chi connectivity index (χ0n) is 13.3. The second-order valence-electron chi connectivity index (χ2n) is 5.56. The molecule has 130 valence electrons. The summed E-state index contributed by atoms with van der Waals surface area (Å²) in [6.07, 6.45) is 1.60. The third kappa shape index (κ3) is 4.03. The molecule has 0 atom stereocenters. The summed E-state index contributed by atoms with van der Waals surface area (Å²) in [5.74, 6) is -1.85. The number of benzene rings is 2. The molecule has 3 aromatic rings. The molecule has 0 bridgehead atoms. The molecular weight excluding hydrogens is 348 g/mol. The molecule has 5 nitrogen and oxygen atoms in total. The van der Waals surface area contributed by atoms with Gasteiger partial charge in [0.25, 0.3) is 10.0 Å². The summed E-state index contributed by atoms with van der Waals surface area (Å²) in [7, 11) is -4.27. The van der Waals surface area contributed by atoms with Crippen LogP contribution in [-0.4, -0.2) is 18.2 Å². The molecular formula is C17H15F2N3O2S. The topological polar surface area (TPSA) is 64.0 Å². The molecule has 0 fully saturated rings. The van der Waals surface area contributed by atoms with E-state index in [1.165, 1.54) is 6.07 Å². The van der Waals surface area contributed by atoms with Gasteiger partial charge in [-0.15, -0.1) is 0 Å². The Kier molecular flexibility index (Phi) is 4.54. The van der Waals surface area contributed by atoms with Crippen molar-refractivity contribution in [2.24, 2.45) is 0 Å². The lowest BCUT2D eigenvalue weighted by atomic mass is 10.1. The maximum atomic E-state index is 13.7. The van der Waals surface area contributed by atoms with Gasteiger partial charge in [0.05, 0.1) is 6.54 Å². The quantitative estimate of drug-likeness (QED) is 0.756. The second kappa shape index (κ2) is 6.64. The minimum atomic E-state index is -4.27. The highest BCUT2D eigenvalue weighted by atomic mass is 32.2. The lowest BCUT2D eigenvalue weighted by molar-refractivity contribution is 0.555. The molecule has 0 saturated carbocycles. The van der Waals surface area contributed by atoms with E-state index in [4.69, 9.17) is 0 Å². The minimum Gasteiger partial charge on any atom is -0.266 e. The second-order valence-corrected chi connectivity index (χ2v) is 7.22. The van der Waals surface area contributed by atoms with Crippen molar-refractivity contribution < 1.29 is 17.2 Å². The van der Waals surface area contributed by atoms with Gasteiger partial charge in [0.15, 0.2) is 5.82 Å². The highest BCUT2D eigenvalue weighted by Crippen LogP contribution is 2.19. The summed E-state index contributed by atoms with van der Waals surface area (Å²) < 4.78 is 55.0. The van der Waals surface area contributed by atoms with Crippen LogP contribution in [0, 0.1) is 18.6 Å². The summed E-state index contributed by atoms with van der Waals surface area (Å²) in [5.41, 5.74) is 2.13. The maximum Gasteiger partial charge on any atom is 0.266 e. The smallest absolute Gasteiger partial charge is 0.266 e. The van der Waals surface area contributed by atoms with E-state index >= 15 is 0 Å². The minimum absolute atomic E-state index is 0.0239. The predicted molar refractivity (Wildman–Crippen MR) is 89.7 cm³/mol. The van der Waals surface area contributed by atoms with Crippen molar-refractivity contribution in [2.45, 2.75) is 18.4 Å². The number of hydrogen-bond acceptors (Lipinski definition) is 3. The lowest BCUT2D eigenvalue weighted by Crippen LogP contribution is -2.15. The number of halogens is 2. The zero-order valence-corrected chi connectivity index (χ0v) is 14.1. The molecule has 25 heavy (non-hydrogen) atoms. The molecule has 1 N–H and O–H groups in total. The molecule has 3 rings (SSSR count). The first-order chi connectivity index (χ1) is 11.8. The van der Waals surface area contributed by atoms with Gasteiger partial charge in [0.1, 0.15) is 16.5 Å². The molecule has 0 spiro atoms. The van der Waals surface area contributed by atoms with E-state index in [1.807, 2.05) is 31.2 Å². The van der Waals surface area contributed by atoms with E-state index in [1.54, 1.807) is 10.9 Å². The Morgan fingerprint density at radius 3 is 2.52 bits per heavy atom. The summed E-state index contributed by atoms with van der Waals surface area (Å²) in [4.78, 5) is -0.763. The van der Waals surface area contributed by atoms with Crippen LogP contribution in [0.25, 0.3) is 0 Å². The third-order valence-electron chi connectivity index (χ3n) is 3.53. The summed E-state index contributed by atoms with van der Waals surface area (Å²) >= 11 is 0.